The normalized spacial score (nSPS) is 10.3. The van der Waals surface area contributed by atoms with Crippen molar-refractivity contribution in [2.24, 2.45) is 0 Å². The van der Waals surface area contributed by atoms with E-state index in [0.717, 1.165) is 11.1 Å². The molecule has 3 aromatic carbocycles. The van der Waals surface area contributed by atoms with Crippen molar-refractivity contribution in [2.45, 2.75) is 6.92 Å². The first kappa shape index (κ1) is 18.1. The SMILES string of the molecule is C=C(C)C(=O)Oc1ccc(-c2ccc(Oc3cc(N)cc(N)c3)cc2)cc1. The van der Waals surface area contributed by atoms with Crippen molar-refractivity contribution in [3.05, 3.63) is 78.9 Å². The Hall–Kier alpha value is -3.73. The number of nitrogens with two attached hydrogens (primary N) is 2. The third kappa shape index (κ3) is 4.67. The molecule has 5 nitrogen and oxygen atoms in total. The van der Waals surface area contributed by atoms with Crippen LogP contribution in [0.2, 0.25) is 0 Å². The highest BCUT2D eigenvalue weighted by Gasteiger charge is 2.06. The number of esters is 1. The minimum atomic E-state index is -0.438. The summed E-state index contributed by atoms with van der Waals surface area (Å²) >= 11 is 0. The van der Waals surface area contributed by atoms with E-state index in [9.17, 15) is 4.79 Å². The lowest BCUT2D eigenvalue weighted by atomic mass is 10.1. The van der Waals surface area contributed by atoms with Gasteiger partial charge in [-0.05, 0) is 48.4 Å². The lowest BCUT2D eigenvalue weighted by molar-refractivity contribution is -0.130. The van der Waals surface area contributed by atoms with Gasteiger partial charge in [-0.25, -0.2) is 4.79 Å². The number of anilines is 2. The fraction of sp³-hybridized carbons (Fsp3) is 0.0455. The molecular weight excluding hydrogens is 340 g/mol. The largest absolute Gasteiger partial charge is 0.457 e. The summed E-state index contributed by atoms with van der Waals surface area (Å²) in [4.78, 5) is 11.5. The Balaban J connectivity index is 1.71. The number of hydrogen-bond acceptors (Lipinski definition) is 5. The van der Waals surface area contributed by atoms with E-state index < -0.39 is 5.97 Å². The molecule has 0 aliphatic heterocycles. The summed E-state index contributed by atoms with van der Waals surface area (Å²) in [6, 6.07) is 20.0. The molecule has 0 amide bonds. The Labute approximate surface area is 157 Å². The summed E-state index contributed by atoms with van der Waals surface area (Å²) < 4.78 is 11.0. The molecule has 0 bridgehead atoms. The van der Waals surface area contributed by atoms with Gasteiger partial charge in [0.1, 0.15) is 17.2 Å². The molecule has 0 saturated carbocycles. The Kier molecular flexibility index (Phi) is 5.13. The highest BCUT2D eigenvalue weighted by atomic mass is 16.5. The molecule has 3 aromatic rings. The molecule has 0 fully saturated rings. The fourth-order valence-electron chi connectivity index (χ4n) is 2.47. The zero-order chi connectivity index (χ0) is 19.4. The van der Waals surface area contributed by atoms with Crippen LogP contribution in [0.1, 0.15) is 6.92 Å². The molecule has 0 spiro atoms. The van der Waals surface area contributed by atoms with Crippen LogP contribution in [0.25, 0.3) is 11.1 Å². The molecule has 0 radical (unpaired) electrons. The summed E-state index contributed by atoms with van der Waals surface area (Å²) in [5.41, 5.74) is 15.0. The van der Waals surface area contributed by atoms with E-state index in [1.807, 2.05) is 36.4 Å². The van der Waals surface area contributed by atoms with Crippen LogP contribution in [-0.2, 0) is 4.79 Å². The van der Waals surface area contributed by atoms with E-state index in [2.05, 4.69) is 6.58 Å². The first-order valence-corrected chi connectivity index (χ1v) is 8.33. The van der Waals surface area contributed by atoms with Crippen molar-refractivity contribution in [3.8, 4) is 28.4 Å². The molecule has 3 rings (SSSR count). The summed E-state index contributed by atoms with van der Waals surface area (Å²) in [6.45, 7) is 5.17. The number of benzene rings is 3. The van der Waals surface area contributed by atoms with Gasteiger partial charge in [-0.15, -0.1) is 0 Å². The van der Waals surface area contributed by atoms with Crippen LogP contribution in [-0.4, -0.2) is 5.97 Å². The maximum absolute atomic E-state index is 11.5. The molecule has 0 atom stereocenters. The Bertz CT molecular complexity index is 957. The third-order valence-corrected chi connectivity index (χ3v) is 3.79. The molecule has 0 saturated heterocycles. The first-order chi connectivity index (χ1) is 12.9. The summed E-state index contributed by atoms with van der Waals surface area (Å²) in [7, 11) is 0. The molecule has 0 aromatic heterocycles. The zero-order valence-corrected chi connectivity index (χ0v) is 14.9. The van der Waals surface area contributed by atoms with Crippen LogP contribution in [0.4, 0.5) is 11.4 Å². The van der Waals surface area contributed by atoms with Crippen LogP contribution < -0.4 is 20.9 Å². The highest BCUT2D eigenvalue weighted by molar-refractivity contribution is 5.88. The van der Waals surface area contributed by atoms with Crippen molar-refractivity contribution in [2.75, 3.05) is 11.5 Å². The van der Waals surface area contributed by atoms with Gasteiger partial charge < -0.3 is 20.9 Å². The van der Waals surface area contributed by atoms with E-state index in [-0.39, 0.29) is 0 Å². The predicted octanol–water partition coefficient (Wildman–Crippen LogP) is 4.79. The van der Waals surface area contributed by atoms with Crippen molar-refractivity contribution in [3.63, 3.8) is 0 Å². The number of carbonyl (C=O) groups excluding carboxylic acids is 1. The first-order valence-electron chi connectivity index (χ1n) is 8.33. The molecule has 0 aliphatic carbocycles. The lowest BCUT2D eigenvalue weighted by Crippen LogP contribution is -2.07. The van der Waals surface area contributed by atoms with Gasteiger partial charge in [-0.2, -0.15) is 0 Å². The van der Waals surface area contributed by atoms with Gasteiger partial charge in [0.05, 0.1) is 0 Å². The van der Waals surface area contributed by atoms with Crippen LogP contribution >= 0.6 is 0 Å². The van der Waals surface area contributed by atoms with Crippen LogP contribution in [0, 0.1) is 0 Å². The number of nitrogen functional groups attached to an aromatic ring is 2. The van der Waals surface area contributed by atoms with Gasteiger partial charge in [0, 0.05) is 29.1 Å². The standard InChI is InChI=1S/C22H20N2O3/c1-14(2)22(25)27-20-9-5-16(6-10-20)15-3-7-19(8-4-15)26-21-12-17(23)11-18(24)13-21/h3-13H,1,23-24H2,2H3. The van der Waals surface area contributed by atoms with Crippen LogP contribution in [0.15, 0.2) is 78.9 Å². The van der Waals surface area contributed by atoms with Crippen molar-refractivity contribution < 1.29 is 14.3 Å². The van der Waals surface area contributed by atoms with Gasteiger partial charge in [0.15, 0.2) is 0 Å². The molecule has 4 N–H and O–H groups in total. The molecule has 0 heterocycles. The summed E-state index contributed by atoms with van der Waals surface area (Å²) in [5.74, 6) is 1.30. The van der Waals surface area contributed by atoms with Crippen LogP contribution in [0.3, 0.4) is 0 Å². The second-order valence-electron chi connectivity index (χ2n) is 6.16. The molecule has 0 aliphatic rings. The summed E-state index contributed by atoms with van der Waals surface area (Å²) in [6.07, 6.45) is 0. The quantitative estimate of drug-likeness (QED) is 0.295. The highest BCUT2D eigenvalue weighted by Crippen LogP contribution is 2.29. The second kappa shape index (κ2) is 7.66. The van der Waals surface area contributed by atoms with Gasteiger partial charge >= 0.3 is 5.97 Å². The van der Waals surface area contributed by atoms with Crippen molar-refractivity contribution >= 4 is 17.3 Å². The second-order valence-corrected chi connectivity index (χ2v) is 6.16. The van der Waals surface area contributed by atoms with E-state index in [1.54, 1.807) is 37.3 Å². The molecule has 27 heavy (non-hydrogen) atoms. The number of rotatable bonds is 5. The molecule has 0 unspecified atom stereocenters. The van der Waals surface area contributed by atoms with Gasteiger partial charge in [-0.1, -0.05) is 30.8 Å². The number of carbonyl (C=O) groups is 1. The predicted molar refractivity (Wildman–Crippen MR) is 108 cm³/mol. The van der Waals surface area contributed by atoms with Crippen molar-refractivity contribution in [1.82, 2.24) is 0 Å². The minimum absolute atomic E-state index is 0.358. The fourth-order valence-corrected chi connectivity index (χ4v) is 2.47. The topological polar surface area (TPSA) is 87.6 Å². The zero-order valence-electron chi connectivity index (χ0n) is 14.9. The van der Waals surface area contributed by atoms with E-state index in [0.29, 0.717) is 34.2 Å². The van der Waals surface area contributed by atoms with Gasteiger partial charge in [0.2, 0.25) is 0 Å². The van der Waals surface area contributed by atoms with Gasteiger partial charge in [-0.3, -0.25) is 0 Å². The Morgan fingerprint density at radius 3 is 1.74 bits per heavy atom. The Morgan fingerprint density at radius 2 is 1.26 bits per heavy atom. The van der Waals surface area contributed by atoms with E-state index in [4.69, 9.17) is 20.9 Å². The molecule has 136 valence electrons. The minimum Gasteiger partial charge on any atom is -0.457 e. The maximum atomic E-state index is 11.5. The third-order valence-electron chi connectivity index (χ3n) is 3.79. The van der Waals surface area contributed by atoms with Crippen LogP contribution in [0.5, 0.6) is 17.2 Å². The lowest BCUT2D eigenvalue weighted by Gasteiger charge is -2.09. The van der Waals surface area contributed by atoms with E-state index in [1.165, 1.54) is 0 Å². The average Bonchev–Trinajstić information content (AvgIpc) is 2.62. The van der Waals surface area contributed by atoms with E-state index >= 15 is 0 Å². The maximum Gasteiger partial charge on any atom is 0.338 e. The number of hydrogen-bond donors (Lipinski definition) is 2. The van der Waals surface area contributed by atoms with Gasteiger partial charge in [0.25, 0.3) is 0 Å². The monoisotopic (exact) mass is 360 g/mol. The average molecular weight is 360 g/mol. The molecular formula is C22H20N2O3. The molecule has 5 heteroatoms. The number of ether oxygens (including phenoxy) is 2. The smallest absolute Gasteiger partial charge is 0.338 e. The van der Waals surface area contributed by atoms with Crippen molar-refractivity contribution in [1.29, 1.82) is 0 Å². The Morgan fingerprint density at radius 1 is 0.778 bits per heavy atom. The summed E-state index contributed by atoms with van der Waals surface area (Å²) in [5, 5.41) is 0.